The van der Waals surface area contributed by atoms with Crippen molar-refractivity contribution in [2.45, 2.75) is 25.8 Å². The van der Waals surface area contributed by atoms with Gasteiger partial charge in [0.25, 0.3) is 0 Å². The van der Waals surface area contributed by atoms with Gasteiger partial charge < -0.3 is 11.1 Å². The Hall–Kier alpha value is -1.43. The van der Waals surface area contributed by atoms with Crippen molar-refractivity contribution in [2.24, 2.45) is 10.7 Å². The van der Waals surface area contributed by atoms with Crippen molar-refractivity contribution in [2.75, 3.05) is 13.1 Å². The van der Waals surface area contributed by atoms with Crippen LogP contribution in [0.25, 0.3) is 0 Å². The zero-order chi connectivity index (χ0) is 10.7. The van der Waals surface area contributed by atoms with Gasteiger partial charge in [0, 0.05) is 6.54 Å². The molecule has 2 heterocycles. The second-order valence-electron chi connectivity index (χ2n) is 3.78. The summed E-state index contributed by atoms with van der Waals surface area (Å²) < 4.78 is 0. The summed E-state index contributed by atoms with van der Waals surface area (Å²) in [7, 11) is 0. The van der Waals surface area contributed by atoms with Crippen LogP contribution in [0.2, 0.25) is 0 Å². The van der Waals surface area contributed by atoms with E-state index in [1.54, 1.807) is 0 Å². The molecule has 0 unspecified atom stereocenters. The van der Waals surface area contributed by atoms with Crippen LogP contribution in [-0.4, -0.2) is 40.1 Å². The fourth-order valence-electron chi connectivity index (χ4n) is 1.66. The Morgan fingerprint density at radius 3 is 3.13 bits per heavy atom. The average Bonchev–Trinajstić information content (AvgIpc) is 2.77. The van der Waals surface area contributed by atoms with Gasteiger partial charge in [0.15, 0.2) is 5.82 Å². The first-order valence-electron chi connectivity index (χ1n) is 5.15. The molecule has 0 bridgehead atoms. The highest BCUT2D eigenvalue weighted by molar-refractivity contribution is 5.82. The summed E-state index contributed by atoms with van der Waals surface area (Å²) in [5, 5.41) is 10.0. The normalized spacial score (nSPS) is 22.2. The maximum absolute atomic E-state index is 5.82. The van der Waals surface area contributed by atoms with Gasteiger partial charge in [-0.2, -0.15) is 5.10 Å². The van der Waals surface area contributed by atoms with Crippen LogP contribution in [0.15, 0.2) is 4.99 Å². The van der Waals surface area contributed by atoms with Gasteiger partial charge in [-0.05, 0) is 19.9 Å². The van der Waals surface area contributed by atoms with E-state index in [9.17, 15) is 0 Å². The van der Waals surface area contributed by atoms with Crippen LogP contribution in [0.3, 0.4) is 0 Å². The molecule has 6 heteroatoms. The van der Waals surface area contributed by atoms with E-state index in [-0.39, 0.29) is 0 Å². The first kappa shape index (κ1) is 10.1. The quantitative estimate of drug-likeness (QED) is 0.456. The summed E-state index contributed by atoms with van der Waals surface area (Å²) in [6, 6.07) is 0.324. The maximum Gasteiger partial charge on any atom is 0.158 e. The highest BCUT2D eigenvalue weighted by atomic mass is 15.2. The zero-order valence-electron chi connectivity index (χ0n) is 8.82. The third-order valence-corrected chi connectivity index (χ3v) is 2.37. The Morgan fingerprint density at radius 1 is 1.67 bits per heavy atom. The zero-order valence-corrected chi connectivity index (χ0v) is 8.82. The van der Waals surface area contributed by atoms with Crippen LogP contribution in [0, 0.1) is 6.92 Å². The summed E-state index contributed by atoms with van der Waals surface area (Å²) in [4.78, 5) is 8.60. The number of nitrogens with zero attached hydrogens (tertiary/aromatic N) is 3. The molecule has 1 aliphatic rings. The van der Waals surface area contributed by atoms with Gasteiger partial charge in [-0.1, -0.05) is 0 Å². The predicted octanol–water partition coefficient (Wildman–Crippen LogP) is -0.625. The number of nitrogens with one attached hydrogen (secondary N) is 2. The van der Waals surface area contributed by atoms with Crippen LogP contribution in [-0.2, 0) is 6.42 Å². The topological polar surface area (TPSA) is 92.0 Å². The molecule has 4 N–H and O–H groups in total. The number of hydrogen-bond acceptors (Lipinski definition) is 4. The van der Waals surface area contributed by atoms with Gasteiger partial charge in [-0.25, -0.2) is 4.98 Å². The molecule has 82 valence electrons. The highest BCUT2D eigenvalue weighted by Crippen LogP contribution is 2.03. The van der Waals surface area contributed by atoms with Crippen LogP contribution < -0.4 is 11.1 Å². The Labute approximate surface area is 88.4 Å². The minimum Gasteiger partial charge on any atom is -0.387 e. The molecule has 0 saturated carbocycles. The fourth-order valence-corrected chi connectivity index (χ4v) is 1.66. The number of nitrogens with two attached hydrogens (primary N) is 1. The minimum atomic E-state index is 0.324. The molecule has 15 heavy (non-hydrogen) atoms. The molecule has 0 spiro atoms. The van der Waals surface area contributed by atoms with E-state index in [4.69, 9.17) is 5.73 Å². The standard InChI is InChI=1S/C9H16N6/c1-6-12-9(15-14-6)4-8(10)13-7-2-3-11-5-7/h7,11H,2-5H2,1H3,(H2,10,13)(H,12,14,15)/t7-/m0/s1. The van der Waals surface area contributed by atoms with E-state index in [1.165, 1.54) is 0 Å². The van der Waals surface area contributed by atoms with E-state index < -0.39 is 0 Å². The van der Waals surface area contributed by atoms with Gasteiger partial charge in [0.2, 0.25) is 0 Å². The van der Waals surface area contributed by atoms with Crippen LogP contribution in [0.1, 0.15) is 18.1 Å². The lowest BCUT2D eigenvalue weighted by molar-refractivity contribution is 0.739. The summed E-state index contributed by atoms with van der Waals surface area (Å²) in [5.74, 6) is 2.13. The molecule has 1 aliphatic heterocycles. The number of aromatic nitrogens is 3. The van der Waals surface area contributed by atoms with E-state index in [2.05, 4.69) is 25.5 Å². The number of hydrogen-bond donors (Lipinski definition) is 3. The third kappa shape index (κ3) is 2.76. The van der Waals surface area contributed by atoms with Gasteiger partial charge >= 0.3 is 0 Å². The number of aromatic amines is 1. The average molecular weight is 208 g/mol. The molecule has 2 rings (SSSR count). The largest absolute Gasteiger partial charge is 0.387 e. The molecular weight excluding hydrogens is 192 g/mol. The molecule has 1 aromatic heterocycles. The number of aryl methyl sites for hydroxylation is 1. The van der Waals surface area contributed by atoms with Gasteiger partial charge in [-0.15, -0.1) is 0 Å². The number of amidine groups is 1. The van der Waals surface area contributed by atoms with Crippen molar-refractivity contribution < 1.29 is 0 Å². The predicted molar refractivity (Wildman–Crippen MR) is 57.7 cm³/mol. The lowest BCUT2D eigenvalue weighted by atomic mass is 10.2. The van der Waals surface area contributed by atoms with Crippen molar-refractivity contribution in [3.05, 3.63) is 11.6 Å². The summed E-state index contributed by atoms with van der Waals surface area (Å²) >= 11 is 0. The lowest BCUT2D eigenvalue weighted by Crippen LogP contribution is -2.21. The Morgan fingerprint density at radius 2 is 2.53 bits per heavy atom. The third-order valence-electron chi connectivity index (χ3n) is 2.37. The molecule has 1 aromatic rings. The second kappa shape index (κ2) is 4.39. The summed E-state index contributed by atoms with van der Waals surface area (Å²) in [6.45, 7) is 3.82. The molecular formula is C9H16N6. The van der Waals surface area contributed by atoms with Crippen LogP contribution >= 0.6 is 0 Å². The van der Waals surface area contributed by atoms with Crippen molar-refractivity contribution in [1.82, 2.24) is 20.5 Å². The molecule has 0 radical (unpaired) electrons. The Bertz CT molecular complexity index is 349. The van der Waals surface area contributed by atoms with Crippen molar-refractivity contribution in [3.8, 4) is 0 Å². The van der Waals surface area contributed by atoms with E-state index in [0.717, 1.165) is 25.3 Å². The highest BCUT2D eigenvalue weighted by Gasteiger charge is 2.13. The first-order chi connectivity index (χ1) is 7.24. The smallest absolute Gasteiger partial charge is 0.158 e. The SMILES string of the molecule is Cc1nc(CC(N)=N[C@H]2CCNC2)n[nH]1. The van der Waals surface area contributed by atoms with Gasteiger partial charge in [0.1, 0.15) is 11.7 Å². The molecule has 6 nitrogen and oxygen atoms in total. The molecule has 0 aromatic carbocycles. The fraction of sp³-hybridized carbons (Fsp3) is 0.667. The van der Waals surface area contributed by atoms with Crippen molar-refractivity contribution in [3.63, 3.8) is 0 Å². The Balaban J connectivity index is 1.93. The van der Waals surface area contributed by atoms with E-state index in [0.29, 0.717) is 24.1 Å². The van der Waals surface area contributed by atoms with Gasteiger partial charge in [-0.3, -0.25) is 10.1 Å². The molecule has 1 saturated heterocycles. The number of rotatable bonds is 3. The Kier molecular flexibility index (Phi) is 2.96. The molecule has 0 amide bonds. The van der Waals surface area contributed by atoms with Crippen molar-refractivity contribution in [1.29, 1.82) is 0 Å². The number of H-pyrrole nitrogens is 1. The number of aliphatic imine (C=N–C) groups is 1. The second-order valence-corrected chi connectivity index (χ2v) is 3.78. The van der Waals surface area contributed by atoms with Crippen molar-refractivity contribution >= 4 is 5.84 Å². The monoisotopic (exact) mass is 208 g/mol. The maximum atomic E-state index is 5.82. The molecule has 1 fully saturated rings. The summed E-state index contributed by atoms with van der Waals surface area (Å²) in [6.07, 6.45) is 1.59. The molecule has 1 atom stereocenters. The van der Waals surface area contributed by atoms with E-state index >= 15 is 0 Å². The first-order valence-corrected chi connectivity index (χ1v) is 5.15. The molecule has 0 aliphatic carbocycles. The van der Waals surface area contributed by atoms with Crippen LogP contribution in [0.4, 0.5) is 0 Å². The van der Waals surface area contributed by atoms with Gasteiger partial charge in [0.05, 0.1) is 12.5 Å². The van der Waals surface area contributed by atoms with Crippen LogP contribution in [0.5, 0.6) is 0 Å². The lowest BCUT2D eigenvalue weighted by Gasteiger charge is -2.03. The summed E-state index contributed by atoms with van der Waals surface area (Å²) in [5.41, 5.74) is 5.82. The van der Waals surface area contributed by atoms with E-state index in [1.807, 2.05) is 6.92 Å². The minimum absolute atomic E-state index is 0.324.